The Morgan fingerprint density at radius 2 is 2.12 bits per heavy atom. The van der Waals surface area contributed by atoms with E-state index in [9.17, 15) is 4.79 Å². The van der Waals surface area contributed by atoms with Crippen molar-refractivity contribution in [3.8, 4) is 0 Å². The first-order valence-electron chi connectivity index (χ1n) is 8.80. The molecule has 6 nitrogen and oxygen atoms in total. The van der Waals surface area contributed by atoms with Crippen LogP contribution in [0.3, 0.4) is 0 Å². The van der Waals surface area contributed by atoms with E-state index >= 15 is 0 Å². The Balaban J connectivity index is 1.63. The van der Waals surface area contributed by atoms with Gasteiger partial charge >= 0.3 is 6.03 Å². The Morgan fingerprint density at radius 3 is 2.76 bits per heavy atom. The van der Waals surface area contributed by atoms with Gasteiger partial charge in [0.1, 0.15) is 0 Å². The van der Waals surface area contributed by atoms with Gasteiger partial charge in [-0.2, -0.15) is 5.10 Å². The van der Waals surface area contributed by atoms with E-state index in [4.69, 9.17) is 4.74 Å². The predicted molar refractivity (Wildman–Crippen MR) is 96.0 cm³/mol. The molecule has 25 heavy (non-hydrogen) atoms. The second-order valence-electron chi connectivity index (χ2n) is 6.72. The lowest BCUT2D eigenvalue weighted by molar-refractivity contribution is 0.181. The molecule has 2 heterocycles. The second kappa shape index (κ2) is 8.16. The third-order valence-electron chi connectivity index (χ3n) is 4.67. The van der Waals surface area contributed by atoms with Crippen LogP contribution in [0.4, 0.5) is 4.79 Å². The van der Waals surface area contributed by atoms with E-state index in [1.54, 1.807) is 10.9 Å². The molecule has 1 aromatic heterocycles. The first kappa shape index (κ1) is 17.5. The lowest BCUT2D eigenvalue weighted by atomic mass is 9.94. The molecule has 0 saturated carbocycles. The number of urea groups is 1. The van der Waals surface area contributed by atoms with Crippen LogP contribution in [0.1, 0.15) is 43.0 Å². The number of nitrogens with zero attached hydrogens (tertiary/aromatic N) is 2. The lowest BCUT2D eigenvalue weighted by Crippen LogP contribution is -2.39. The average molecular weight is 342 g/mol. The van der Waals surface area contributed by atoms with Gasteiger partial charge in [-0.25, -0.2) is 4.79 Å². The quantitative estimate of drug-likeness (QED) is 0.848. The number of carbonyl (C=O) groups is 1. The molecular formula is C19H26N4O2. The Hall–Kier alpha value is -2.34. The number of amides is 2. The molecule has 1 aliphatic heterocycles. The highest BCUT2D eigenvalue weighted by atomic mass is 16.5. The van der Waals surface area contributed by atoms with Crippen LogP contribution in [0, 0.1) is 5.92 Å². The fourth-order valence-electron chi connectivity index (χ4n) is 3.21. The van der Waals surface area contributed by atoms with Gasteiger partial charge in [0.15, 0.2) is 0 Å². The van der Waals surface area contributed by atoms with E-state index in [0.29, 0.717) is 5.92 Å². The van der Waals surface area contributed by atoms with Crippen molar-refractivity contribution < 1.29 is 9.53 Å². The fraction of sp³-hybridized carbons (Fsp3) is 0.474. The van der Waals surface area contributed by atoms with E-state index < -0.39 is 0 Å². The van der Waals surface area contributed by atoms with Crippen molar-refractivity contribution >= 4 is 6.03 Å². The van der Waals surface area contributed by atoms with Crippen LogP contribution in [-0.4, -0.2) is 29.0 Å². The number of aryl methyl sites for hydroxylation is 1. The summed E-state index contributed by atoms with van der Waals surface area (Å²) in [6.07, 6.45) is 5.63. The SMILES string of the molecule is C[C@H](NC(=O)N[C@@H](C[C@@H]1CCOC1)c1ccccc1)c1cnn(C)c1. The predicted octanol–water partition coefficient (Wildman–Crippen LogP) is 2.95. The molecule has 2 N–H and O–H groups in total. The van der Waals surface area contributed by atoms with Gasteiger partial charge in [-0.15, -0.1) is 0 Å². The molecule has 0 unspecified atom stereocenters. The minimum absolute atomic E-state index is 0.0194. The first-order valence-corrected chi connectivity index (χ1v) is 8.80. The van der Waals surface area contributed by atoms with E-state index in [2.05, 4.69) is 27.9 Å². The summed E-state index contributed by atoms with van der Waals surface area (Å²) in [5.74, 6) is 0.487. The normalized spacial score (nSPS) is 19.4. The summed E-state index contributed by atoms with van der Waals surface area (Å²) in [5, 5.41) is 10.3. The fourth-order valence-corrected chi connectivity index (χ4v) is 3.21. The smallest absolute Gasteiger partial charge is 0.315 e. The topological polar surface area (TPSA) is 68.2 Å². The molecule has 2 aromatic rings. The maximum absolute atomic E-state index is 12.5. The summed E-state index contributed by atoms with van der Waals surface area (Å²) in [6.45, 7) is 3.55. The minimum atomic E-state index is -0.163. The molecule has 2 amide bonds. The number of hydrogen-bond donors (Lipinski definition) is 2. The van der Waals surface area contributed by atoms with Crippen molar-refractivity contribution in [2.24, 2.45) is 13.0 Å². The van der Waals surface area contributed by atoms with Crippen molar-refractivity contribution in [3.63, 3.8) is 0 Å². The molecule has 1 aromatic carbocycles. The lowest BCUT2D eigenvalue weighted by Gasteiger charge is -2.23. The van der Waals surface area contributed by atoms with E-state index in [-0.39, 0.29) is 18.1 Å². The highest BCUT2D eigenvalue weighted by molar-refractivity contribution is 5.75. The zero-order valence-corrected chi connectivity index (χ0v) is 14.8. The highest BCUT2D eigenvalue weighted by Crippen LogP contribution is 2.26. The van der Waals surface area contributed by atoms with Gasteiger partial charge in [-0.1, -0.05) is 30.3 Å². The van der Waals surface area contributed by atoms with Gasteiger partial charge < -0.3 is 15.4 Å². The van der Waals surface area contributed by atoms with Gasteiger partial charge in [-0.3, -0.25) is 4.68 Å². The number of nitrogens with one attached hydrogen (secondary N) is 2. The molecule has 0 aliphatic carbocycles. The number of aromatic nitrogens is 2. The van der Waals surface area contributed by atoms with Crippen molar-refractivity contribution in [2.75, 3.05) is 13.2 Å². The van der Waals surface area contributed by atoms with Gasteiger partial charge in [0.05, 0.1) is 18.3 Å². The number of carbonyl (C=O) groups excluding carboxylic acids is 1. The summed E-state index contributed by atoms with van der Waals surface area (Å²) in [4.78, 5) is 12.5. The van der Waals surface area contributed by atoms with Crippen molar-refractivity contribution in [1.29, 1.82) is 0 Å². The van der Waals surface area contributed by atoms with Gasteiger partial charge in [-0.05, 0) is 31.2 Å². The van der Waals surface area contributed by atoms with Crippen molar-refractivity contribution in [2.45, 2.75) is 31.8 Å². The number of ether oxygens (including phenoxy) is 1. The van der Waals surface area contributed by atoms with Crippen LogP contribution >= 0.6 is 0 Å². The van der Waals surface area contributed by atoms with Crippen LogP contribution in [0.15, 0.2) is 42.7 Å². The van der Waals surface area contributed by atoms with Crippen LogP contribution < -0.4 is 10.6 Å². The molecule has 6 heteroatoms. The maximum atomic E-state index is 12.5. The van der Waals surface area contributed by atoms with Gasteiger partial charge in [0.25, 0.3) is 0 Å². The van der Waals surface area contributed by atoms with Crippen LogP contribution in [0.5, 0.6) is 0 Å². The Morgan fingerprint density at radius 1 is 1.32 bits per heavy atom. The second-order valence-corrected chi connectivity index (χ2v) is 6.72. The summed E-state index contributed by atoms with van der Waals surface area (Å²) in [6, 6.07) is 9.84. The summed E-state index contributed by atoms with van der Waals surface area (Å²) in [7, 11) is 1.87. The highest BCUT2D eigenvalue weighted by Gasteiger charge is 2.23. The molecule has 1 saturated heterocycles. The Bertz CT molecular complexity index is 680. The zero-order valence-electron chi connectivity index (χ0n) is 14.8. The van der Waals surface area contributed by atoms with Crippen LogP contribution in [-0.2, 0) is 11.8 Å². The molecule has 0 radical (unpaired) electrons. The summed E-state index contributed by atoms with van der Waals surface area (Å²) in [5.41, 5.74) is 2.11. The standard InChI is InChI=1S/C19H26N4O2/c1-14(17-11-20-23(2)12-17)21-19(24)22-18(10-15-8-9-25-13-15)16-6-4-3-5-7-16/h3-7,11-12,14-15,18H,8-10,13H2,1-2H3,(H2,21,22,24)/t14-,15-,18-/m0/s1. The molecule has 1 fully saturated rings. The average Bonchev–Trinajstić information content (AvgIpc) is 3.26. The number of hydrogen-bond acceptors (Lipinski definition) is 3. The molecule has 0 bridgehead atoms. The van der Waals surface area contributed by atoms with Gasteiger partial charge in [0, 0.05) is 32.0 Å². The Kier molecular flexibility index (Phi) is 5.71. The van der Waals surface area contributed by atoms with Crippen LogP contribution in [0.25, 0.3) is 0 Å². The van der Waals surface area contributed by atoms with E-state index in [1.807, 2.05) is 38.4 Å². The number of rotatable bonds is 6. The van der Waals surface area contributed by atoms with Crippen molar-refractivity contribution in [1.82, 2.24) is 20.4 Å². The maximum Gasteiger partial charge on any atom is 0.315 e. The minimum Gasteiger partial charge on any atom is -0.381 e. The molecular weight excluding hydrogens is 316 g/mol. The van der Waals surface area contributed by atoms with Crippen molar-refractivity contribution in [3.05, 3.63) is 53.9 Å². The zero-order chi connectivity index (χ0) is 17.6. The van der Waals surface area contributed by atoms with Gasteiger partial charge in [0.2, 0.25) is 0 Å². The third kappa shape index (κ3) is 4.82. The number of benzene rings is 1. The molecule has 3 atom stereocenters. The summed E-state index contributed by atoms with van der Waals surface area (Å²) < 4.78 is 7.22. The Labute approximate surface area is 148 Å². The molecule has 134 valence electrons. The largest absolute Gasteiger partial charge is 0.381 e. The van der Waals surface area contributed by atoms with Crippen LogP contribution in [0.2, 0.25) is 0 Å². The molecule has 1 aliphatic rings. The van der Waals surface area contributed by atoms with E-state index in [0.717, 1.165) is 37.2 Å². The third-order valence-corrected chi connectivity index (χ3v) is 4.67. The monoisotopic (exact) mass is 342 g/mol. The first-order chi connectivity index (χ1) is 12.1. The molecule has 0 spiro atoms. The summed E-state index contributed by atoms with van der Waals surface area (Å²) >= 11 is 0. The molecule has 3 rings (SSSR count). The van der Waals surface area contributed by atoms with E-state index in [1.165, 1.54) is 0 Å².